The van der Waals surface area contributed by atoms with Crippen LogP contribution in [0.25, 0.3) is 17.2 Å². The Hall–Kier alpha value is -5.40. The molecule has 3 N–H and O–H groups in total. The highest BCUT2D eigenvalue weighted by molar-refractivity contribution is 8.00. The van der Waals surface area contributed by atoms with Crippen LogP contribution in [0.2, 0.25) is 0 Å². The Morgan fingerprint density at radius 3 is 1.91 bits per heavy atom. The van der Waals surface area contributed by atoms with Crippen LogP contribution in [0.4, 0.5) is 11.4 Å². The van der Waals surface area contributed by atoms with Gasteiger partial charge in [0.05, 0.1) is 5.25 Å². The molecule has 5 rings (SSSR count). The van der Waals surface area contributed by atoms with E-state index in [1.807, 2.05) is 110 Å². The topological polar surface area (TPSA) is 87.3 Å². The standard InChI is InChI=1S/C37H31N3O3S/c1-26(35(41)38-31-16-9-4-10-17-31)44-33-19-11-18-32(25-33)39-37(43)34(40-36(42)30-14-7-3-8-15-30)24-27-20-22-29(23-21-27)28-12-5-2-6-13-28/h2-26H,1H3,(H,38,41)(H,39,43)(H,40,42)/b34-24+. The number of hydrogen-bond donors (Lipinski definition) is 3. The zero-order valence-electron chi connectivity index (χ0n) is 24.1. The molecule has 44 heavy (non-hydrogen) atoms. The largest absolute Gasteiger partial charge is 0.325 e. The van der Waals surface area contributed by atoms with Gasteiger partial charge in [-0.15, -0.1) is 11.8 Å². The summed E-state index contributed by atoms with van der Waals surface area (Å²) in [7, 11) is 0. The Balaban J connectivity index is 1.32. The van der Waals surface area contributed by atoms with Gasteiger partial charge in [0, 0.05) is 21.8 Å². The van der Waals surface area contributed by atoms with Gasteiger partial charge in [-0.25, -0.2) is 0 Å². The van der Waals surface area contributed by atoms with Gasteiger partial charge in [0.15, 0.2) is 0 Å². The molecule has 5 aromatic rings. The lowest BCUT2D eigenvalue weighted by Gasteiger charge is -2.14. The van der Waals surface area contributed by atoms with E-state index in [9.17, 15) is 14.4 Å². The quantitative estimate of drug-likeness (QED) is 0.113. The number of rotatable bonds is 10. The van der Waals surface area contributed by atoms with Crippen molar-refractivity contribution in [1.29, 1.82) is 0 Å². The molecule has 0 heterocycles. The highest BCUT2D eigenvalue weighted by Gasteiger charge is 2.17. The van der Waals surface area contributed by atoms with E-state index in [0.29, 0.717) is 11.3 Å². The van der Waals surface area contributed by atoms with Crippen LogP contribution in [-0.4, -0.2) is 23.0 Å². The van der Waals surface area contributed by atoms with Crippen molar-refractivity contribution >= 4 is 46.9 Å². The van der Waals surface area contributed by atoms with Crippen LogP contribution < -0.4 is 16.0 Å². The summed E-state index contributed by atoms with van der Waals surface area (Å²) in [5.41, 5.74) is 4.69. The maximum Gasteiger partial charge on any atom is 0.272 e. The molecule has 0 aliphatic rings. The smallest absolute Gasteiger partial charge is 0.272 e. The maximum atomic E-state index is 13.6. The number of hydrogen-bond acceptors (Lipinski definition) is 4. The van der Waals surface area contributed by atoms with Crippen LogP contribution in [-0.2, 0) is 9.59 Å². The summed E-state index contributed by atoms with van der Waals surface area (Å²) in [6.45, 7) is 1.83. The van der Waals surface area contributed by atoms with Gasteiger partial charge in [-0.1, -0.05) is 97.1 Å². The minimum atomic E-state index is -0.474. The van der Waals surface area contributed by atoms with Gasteiger partial charge < -0.3 is 16.0 Å². The Morgan fingerprint density at radius 2 is 1.23 bits per heavy atom. The molecule has 0 aromatic heterocycles. The van der Waals surface area contributed by atoms with E-state index in [4.69, 9.17) is 0 Å². The van der Waals surface area contributed by atoms with Crippen LogP contribution >= 0.6 is 11.8 Å². The van der Waals surface area contributed by atoms with Gasteiger partial charge in [0.1, 0.15) is 5.70 Å². The first-order chi connectivity index (χ1) is 21.4. The molecule has 0 spiro atoms. The third-order valence-electron chi connectivity index (χ3n) is 6.67. The Bertz CT molecular complexity index is 1760. The Kier molecular flexibility index (Phi) is 10.0. The summed E-state index contributed by atoms with van der Waals surface area (Å²) in [6.07, 6.45) is 1.65. The number of para-hydroxylation sites is 1. The van der Waals surface area contributed by atoms with E-state index >= 15 is 0 Å². The number of amides is 3. The molecule has 218 valence electrons. The van der Waals surface area contributed by atoms with E-state index < -0.39 is 11.8 Å². The molecular formula is C37H31N3O3S. The predicted octanol–water partition coefficient (Wildman–Crippen LogP) is 7.88. The second-order valence-electron chi connectivity index (χ2n) is 9.96. The minimum Gasteiger partial charge on any atom is -0.325 e. The minimum absolute atomic E-state index is 0.0972. The number of carbonyl (C=O) groups is 3. The SMILES string of the molecule is CC(Sc1cccc(NC(=O)/C(=C\c2ccc(-c3ccccc3)cc2)NC(=O)c2ccccc2)c1)C(=O)Nc1ccccc1. The summed E-state index contributed by atoms with van der Waals surface area (Å²) in [6, 6.07) is 43.1. The first kappa shape index (κ1) is 30.1. The number of nitrogens with one attached hydrogen (secondary N) is 3. The number of carbonyl (C=O) groups excluding carboxylic acids is 3. The van der Waals surface area contributed by atoms with Crippen molar-refractivity contribution in [2.75, 3.05) is 10.6 Å². The fourth-order valence-electron chi connectivity index (χ4n) is 4.38. The van der Waals surface area contributed by atoms with E-state index in [1.165, 1.54) is 11.8 Å². The van der Waals surface area contributed by atoms with Gasteiger partial charge in [0.25, 0.3) is 11.8 Å². The van der Waals surface area contributed by atoms with Crippen molar-refractivity contribution in [1.82, 2.24) is 5.32 Å². The molecule has 0 fully saturated rings. The van der Waals surface area contributed by atoms with E-state index in [2.05, 4.69) is 16.0 Å². The van der Waals surface area contributed by atoms with Gasteiger partial charge in [-0.05, 0) is 72.2 Å². The summed E-state index contributed by atoms with van der Waals surface area (Å²) in [5.74, 6) is -0.989. The predicted molar refractivity (Wildman–Crippen MR) is 179 cm³/mol. The third kappa shape index (κ3) is 8.33. The molecule has 6 nitrogen and oxygen atoms in total. The van der Waals surface area contributed by atoms with E-state index in [1.54, 1.807) is 42.5 Å². The summed E-state index contributed by atoms with van der Waals surface area (Å²) < 4.78 is 0. The van der Waals surface area contributed by atoms with Crippen molar-refractivity contribution in [3.05, 3.63) is 156 Å². The van der Waals surface area contributed by atoms with Crippen LogP contribution in [0.5, 0.6) is 0 Å². The molecule has 0 aliphatic heterocycles. The van der Waals surface area contributed by atoms with Gasteiger partial charge >= 0.3 is 0 Å². The first-order valence-electron chi connectivity index (χ1n) is 14.1. The second kappa shape index (κ2) is 14.7. The third-order valence-corrected chi connectivity index (χ3v) is 7.77. The lowest BCUT2D eigenvalue weighted by molar-refractivity contribution is -0.115. The molecule has 0 saturated heterocycles. The average Bonchev–Trinajstić information content (AvgIpc) is 3.06. The molecule has 5 aromatic carbocycles. The van der Waals surface area contributed by atoms with Crippen LogP contribution in [0.3, 0.4) is 0 Å². The maximum absolute atomic E-state index is 13.6. The number of thioether (sulfide) groups is 1. The highest BCUT2D eigenvalue weighted by Crippen LogP contribution is 2.27. The van der Waals surface area contributed by atoms with E-state index in [-0.39, 0.29) is 16.9 Å². The summed E-state index contributed by atoms with van der Waals surface area (Å²) in [4.78, 5) is 40.1. The fraction of sp³-hybridized carbons (Fsp3) is 0.0541. The lowest BCUT2D eigenvalue weighted by Crippen LogP contribution is -2.30. The summed E-state index contributed by atoms with van der Waals surface area (Å²) >= 11 is 1.38. The van der Waals surface area contributed by atoms with Crippen LogP contribution in [0, 0.1) is 0 Å². The van der Waals surface area contributed by atoms with Crippen molar-refractivity contribution in [2.24, 2.45) is 0 Å². The molecular weight excluding hydrogens is 566 g/mol. The fourth-order valence-corrected chi connectivity index (χ4v) is 5.31. The number of benzene rings is 5. The normalized spacial score (nSPS) is 11.7. The zero-order valence-corrected chi connectivity index (χ0v) is 24.9. The number of anilines is 2. The molecule has 0 bridgehead atoms. The van der Waals surface area contributed by atoms with Gasteiger partial charge in [-0.3, -0.25) is 14.4 Å². The van der Waals surface area contributed by atoms with Crippen LogP contribution in [0.15, 0.2) is 150 Å². The van der Waals surface area contributed by atoms with Crippen molar-refractivity contribution in [2.45, 2.75) is 17.1 Å². The average molecular weight is 598 g/mol. The van der Waals surface area contributed by atoms with Gasteiger partial charge in [0.2, 0.25) is 5.91 Å². The van der Waals surface area contributed by atoms with E-state index in [0.717, 1.165) is 27.3 Å². The monoisotopic (exact) mass is 597 g/mol. The van der Waals surface area contributed by atoms with Crippen molar-refractivity contribution in [3.63, 3.8) is 0 Å². The molecule has 1 unspecified atom stereocenters. The van der Waals surface area contributed by atoms with Crippen LogP contribution in [0.1, 0.15) is 22.8 Å². The summed E-state index contributed by atoms with van der Waals surface area (Å²) in [5, 5.41) is 8.23. The van der Waals surface area contributed by atoms with Crippen molar-refractivity contribution < 1.29 is 14.4 Å². The first-order valence-corrected chi connectivity index (χ1v) is 15.0. The Morgan fingerprint density at radius 1 is 0.636 bits per heavy atom. The second-order valence-corrected chi connectivity index (χ2v) is 11.4. The highest BCUT2D eigenvalue weighted by atomic mass is 32.2. The van der Waals surface area contributed by atoms with Crippen molar-refractivity contribution in [3.8, 4) is 11.1 Å². The zero-order chi connectivity index (χ0) is 30.7. The Labute approximate surface area is 261 Å². The molecule has 0 saturated carbocycles. The molecule has 1 atom stereocenters. The molecule has 0 aliphatic carbocycles. The van der Waals surface area contributed by atoms with Gasteiger partial charge in [-0.2, -0.15) is 0 Å². The lowest BCUT2D eigenvalue weighted by atomic mass is 10.0. The molecule has 3 amide bonds. The molecule has 0 radical (unpaired) electrons. The molecule has 7 heteroatoms.